The molecule has 2 aliphatic heterocycles. The summed E-state index contributed by atoms with van der Waals surface area (Å²) in [5.41, 5.74) is 1.94. The third-order valence-electron chi connectivity index (χ3n) is 4.11. The van der Waals surface area contributed by atoms with Crippen LogP contribution in [0, 0.1) is 0 Å². The topological polar surface area (TPSA) is 59.4 Å². The molecule has 19 heavy (non-hydrogen) atoms. The van der Waals surface area contributed by atoms with Gasteiger partial charge in [-0.25, -0.2) is 9.97 Å². The molecule has 2 aliphatic rings. The van der Waals surface area contributed by atoms with Crippen molar-refractivity contribution in [3.8, 4) is 0 Å². The molecule has 0 spiro atoms. The SMILES string of the molecule is CCC1(C)N=Cc2nc(NC3CCOCC3)ncc21. The van der Waals surface area contributed by atoms with Crippen molar-refractivity contribution in [2.24, 2.45) is 4.99 Å². The van der Waals surface area contributed by atoms with Gasteiger partial charge in [0.1, 0.15) is 0 Å². The van der Waals surface area contributed by atoms with Crippen LogP contribution in [0.25, 0.3) is 0 Å². The van der Waals surface area contributed by atoms with E-state index in [-0.39, 0.29) is 5.54 Å². The molecular formula is C14H20N4O. The number of aliphatic imine (C=N–C) groups is 1. The monoisotopic (exact) mass is 260 g/mol. The van der Waals surface area contributed by atoms with Crippen molar-refractivity contribution in [1.82, 2.24) is 9.97 Å². The lowest BCUT2D eigenvalue weighted by Crippen LogP contribution is -2.29. The molecule has 1 N–H and O–H groups in total. The van der Waals surface area contributed by atoms with Crippen molar-refractivity contribution in [3.63, 3.8) is 0 Å². The maximum atomic E-state index is 5.35. The number of hydrogen-bond donors (Lipinski definition) is 1. The van der Waals surface area contributed by atoms with Gasteiger partial charge < -0.3 is 10.1 Å². The third kappa shape index (κ3) is 2.34. The number of nitrogens with zero attached hydrogens (tertiary/aromatic N) is 3. The van der Waals surface area contributed by atoms with E-state index in [2.05, 4.69) is 34.1 Å². The molecule has 3 rings (SSSR count). The quantitative estimate of drug-likeness (QED) is 0.904. The Labute approximate surface area is 113 Å². The smallest absolute Gasteiger partial charge is 0.223 e. The molecule has 5 nitrogen and oxygen atoms in total. The zero-order chi connectivity index (χ0) is 13.3. The number of aromatic nitrogens is 2. The van der Waals surface area contributed by atoms with E-state index in [0.717, 1.165) is 43.7 Å². The summed E-state index contributed by atoms with van der Waals surface area (Å²) < 4.78 is 5.35. The largest absolute Gasteiger partial charge is 0.381 e. The van der Waals surface area contributed by atoms with Gasteiger partial charge in [-0.2, -0.15) is 0 Å². The first-order valence-corrected chi connectivity index (χ1v) is 6.98. The molecule has 1 aromatic rings. The summed E-state index contributed by atoms with van der Waals surface area (Å²) in [6.45, 7) is 5.90. The molecule has 102 valence electrons. The summed E-state index contributed by atoms with van der Waals surface area (Å²) in [5, 5.41) is 3.39. The van der Waals surface area contributed by atoms with Crippen LogP contribution < -0.4 is 5.32 Å². The highest BCUT2D eigenvalue weighted by molar-refractivity contribution is 5.83. The van der Waals surface area contributed by atoms with Gasteiger partial charge in [-0.15, -0.1) is 0 Å². The average molecular weight is 260 g/mol. The van der Waals surface area contributed by atoms with E-state index < -0.39 is 0 Å². The summed E-state index contributed by atoms with van der Waals surface area (Å²) in [6, 6.07) is 0.419. The molecule has 1 atom stereocenters. The number of nitrogens with one attached hydrogen (secondary N) is 1. The lowest BCUT2D eigenvalue weighted by atomic mass is 9.93. The summed E-state index contributed by atoms with van der Waals surface area (Å²) in [7, 11) is 0. The number of hydrogen-bond acceptors (Lipinski definition) is 5. The van der Waals surface area contributed by atoms with Gasteiger partial charge in [0, 0.05) is 37.2 Å². The highest BCUT2D eigenvalue weighted by Gasteiger charge is 2.31. The van der Waals surface area contributed by atoms with Crippen LogP contribution in [-0.4, -0.2) is 35.4 Å². The molecule has 1 unspecified atom stereocenters. The first-order valence-electron chi connectivity index (χ1n) is 6.98. The molecule has 3 heterocycles. The van der Waals surface area contributed by atoms with Gasteiger partial charge in [-0.05, 0) is 26.2 Å². The predicted molar refractivity (Wildman–Crippen MR) is 74.7 cm³/mol. The fraction of sp³-hybridized carbons (Fsp3) is 0.643. The van der Waals surface area contributed by atoms with Crippen LogP contribution in [0.4, 0.5) is 5.95 Å². The van der Waals surface area contributed by atoms with Gasteiger partial charge >= 0.3 is 0 Å². The van der Waals surface area contributed by atoms with E-state index in [1.54, 1.807) is 0 Å². The lowest BCUT2D eigenvalue weighted by Gasteiger charge is -2.24. The summed E-state index contributed by atoms with van der Waals surface area (Å²) >= 11 is 0. The van der Waals surface area contributed by atoms with E-state index in [4.69, 9.17) is 4.74 Å². The third-order valence-corrected chi connectivity index (χ3v) is 4.11. The summed E-state index contributed by atoms with van der Waals surface area (Å²) in [5.74, 6) is 0.706. The van der Waals surface area contributed by atoms with E-state index in [9.17, 15) is 0 Å². The maximum Gasteiger partial charge on any atom is 0.223 e. The first-order chi connectivity index (χ1) is 9.21. The second-order valence-electron chi connectivity index (χ2n) is 5.41. The fourth-order valence-electron chi connectivity index (χ4n) is 2.56. The zero-order valence-corrected chi connectivity index (χ0v) is 11.5. The summed E-state index contributed by atoms with van der Waals surface area (Å²) in [4.78, 5) is 13.6. The molecule has 5 heteroatoms. The minimum Gasteiger partial charge on any atom is -0.381 e. The van der Waals surface area contributed by atoms with Gasteiger partial charge in [0.15, 0.2) is 0 Å². The average Bonchev–Trinajstić information content (AvgIpc) is 2.78. The van der Waals surface area contributed by atoms with E-state index in [1.807, 2.05) is 12.4 Å². The Morgan fingerprint density at radius 1 is 1.42 bits per heavy atom. The summed E-state index contributed by atoms with van der Waals surface area (Å²) in [6.07, 6.45) is 6.78. The fourth-order valence-corrected chi connectivity index (χ4v) is 2.56. The Bertz CT molecular complexity index is 496. The Kier molecular flexibility index (Phi) is 3.22. The molecule has 1 fully saturated rings. The van der Waals surface area contributed by atoms with Crippen molar-refractivity contribution in [2.45, 2.75) is 44.7 Å². The van der Waals surface area contributed by atoms with Gasteiger partial charge in [-0.1, -0.05) is 6.92 Å². The van der Waals surface area contributed by atoms with Crippen molar-refractivity contribution in [3.05, 3.63) is 17.5 Å². The van der Waals surface area contributed by atoms with Crippen LogP contribution in [0.1, 0.15) is 44.4 Å². The van der Waals surface area contributed by atoms with E-state index in [1.165, 1.54) is 0 Å². The standard InChI is InChI=1S/C14H20N4O/c1-3-14(2)11-8-15-13(18-12(11)9-16-14)17-10-4-6-19-7-5-10/h8-10H,3-7H2,1-2H3,(H,15,17,18). The highest BCUT2D eigenvalue weighted by atomic mass is 16.5. The zero-order valence-electron chi connectivity index (χ0n) is 11.5. The first kappa shape index (κ1) is 12.5. The minimum absolute atomic E-state index is 0.146. The van der Waals surface area contributed by atoms with Crippen LogP contribution >= 0.6 is 0 Å². The molecule has 0 amide bonds. The highest BCUT2D eigenvalue weighted by Crippen LogP contribution is 2.34. The minimum atomic E-state index is -0.146. The Hall–Kier alpha value is -1.49. The van der Waals surface area contributed by atoms with Crippen molar-refractivity contribution >= 4 is 12.2 Å². The second-order valence-corrected chi connectivity index (χ2v) is 5.41. The van der Waals surface area contributed by atoms with Gasteiger partial charge in [0.25, 0.3) is 0 Å². The van der Waals surface area contributed by atoms with Crippen LogP contribution in [-0.2, 0) is 10.3 Å². The predicted octanol–water partition coefficient (Wildman–Crippen LogP) is 2.13. The van der Waals surface area contributed by atoms with E-state index >= 15 is 0 Å². The van der Waals surface area contributed by atoms with Crippen LogP contribution in [0.15, 0.2) is 11.2 Å². The van der Waals surface area contributed by atoms with Gasteiger partial charge in [0.05, 0.1) is 11.2 Å². The van der Waals surface area contributed by atoms with Crippen LogP contribution in [0.5, 0.6) is 0 Å². The molecule has 0 radical (unpaired) electrons. The number of anilines is 1. The molecule has 1 saturated heterocycles. The molecule has 0 saturated carbocycles. The number of ether oxygens (including phenoxy) is 1. The normalized spacial score (nSPS) is 26.4. The Balaban J connectivity index is 1.77. The number of rotatable bonds is 3. The maximum absolute atomic E-state index is 5.35. The molecule has 0 aromatic carbocycles. The van der Waals surface area contributed by atoms with Crippen molar-refractivity contribution < 1.29 is 4.74 Å². The molecular weight excluding hydrogens is 240 g/mol. The Morgan fingerprint density at radius 2 is 2.21 bits per heavy atom. The van der Waals surface area contributed by atoms with Crippen molar-refractivity contribution in [2.75, 3.05) is 18.5 Å². The molecule has 1 aromatic heterocycles. The van der Waals surface area contributed by atoms with E-state index in [0.29, 0.717) is 12.0 Å². The molecule has 0 aliphatic carbocycles. The second kappa shape index (κ2) is 4.89. The Morgan fingerprint density at radius 3 is 2.95 bits per heavy atom. The molecule has 0 bridgehead atoms. The number of fused-ring (bicyclic) bond motifs is 1. The van der Waals surface area contributed by atoms with Crippen LogP contribution in [0.3, 0.4) is 0 Å². The van der Waals surface area contributed by atoms with Crippen molar-refractivity contribution in [1.29, 1.82) is 0 Å². The van der Waals surface area contributed by atoms with Gasteiger partial charge in [0.2, 0.25) is 5.95 Å². The van der Waals surface area contributed by atoms with Gasteiger partial charge in [-0.3, -0.25) is 4.99 Å². The lowest BCUT2D eigenvalue weighted by molar-refractivity contribution is 0.0903. The van der Waals surface area contributed by atoms with Crippen LogP contribution in [0.2, 0.25) is 0 Å².